The van der Waals surface area contributed by atoms with E-state index in [-0.39, 0.29) is 18.2 Å². The number of hydrogen-bond acceptors (Lipinski definition) is 4. The molecule has 120 valence electrons. The zero-order valence-corrected chi connectivity index (χ0v) is 13.3. The molecule has 22 heavy (non-hydrogen) atoms. The Kier molecular flexibility index (Phi) is 4.24. The third kappa shape index (κ3) is 2.37. The molecule has 1 aliphatic rings. The Balaban J connectivity index is 2.27. The summed E-state index contributed by atoms with van der Waals surface area (Å²) in [7, 11) is 0. The van der Waals surface area contributed by atoms with E-state index in [1.165, 1.54) is 6.20 Å². The molecule has 1 heterocycles. The van der Waals surface area contributed by atoms with Crippen LogP contribution in [-0.2, 0) is 9.53 Å². The van der Waals surface area contributed by atoms with E-state index in [1.54, 1.807) is 32.9 Å². The summed E-state index contributed by atoms with van der Waals surface area (Å²) in [6, 6.07) is 3.50. The number of aromatic nitrogens is 1. The highest BCUT2D eigenvalue weighted by atomic mass is 16.5. The first-order chi connectivity index (χ1) is 10.3. The van der Waals surface area contributed by atoms with Gasteiger partial charge in [-0.2, -0.15) is 0 Å². The van der Waals surface area contributed by atoms with E-state index in [9.17, 15) is 14.7 Å². The molecular formula is C16H22N2O4. The van der Waals surface area contributed by atoms with Gasteiger partial charge in [0.05, 0.1) is 6.10 Å². The molecular weight excluding hydrogens is 284 g/mol. The molecule has 6 nitrogen and oxygen atoms in total. The Bertz CT molecular complexity index is 600. The number of aliphatic carboxylic acids is 1. The van der Waals surface area contributed by atoms with Gasteiger partial charge in [-0.15, -0.1) is 0 Å². The second-order valence-electron chi connectivity index (χ2n) is 6.20. The maximum atomic E-state index is 12.5. The topological polar surface area (TPSA) is 88.5 Å². The SMILES string of the molecule is CCOC1CC(NC(=O)c2ncccc2C)(C(=O)O)C1(C)C. The van der Waals surface area contributed by atoms with E-state index in [0.29, 0.717) is 12.2 Å². The Hall–Kier alpha value is -1.95. The molecule has 0 saturated heterocycles. The Morgan fingerprint density at radius 1 is 1.50 bits per heavy atom. The van der Waals surface area contributed by atoms with Crippen molar-refractivity contribution >= 4 is 11.9 Å². The van der Waals surface area contributed by atoms with Crippen LogP contribution in [0.1, 0.15) is 43.2 Å². The first-order valence-electron chi connectivity index (χ1n) is 7.35. The van der Waals surface area contributed by atoms with Gasteiger partial charge in [0, 0.05) is 24.6 Å². The number of ether oxygens (including phenoxy) is 1. The Morgan fingerprint density at radius 3 is 2.68 bits per heavy atom. The van der Waals surface area contributed by atoms with Crippen LogP contribution in [-0.4, -0.2) is 40.2 Å². The first-order valence-corrected chi connectivity index (χ1v) is 7.35. The number of rotatable bonds is 5. The number of carbonyl (C=O) groups excluding carboxylic acids is 1. The van der Waals surface area contributed by atoms with Crippen LogP contribution in [0, 0.1) is 12.3 Å². The smallest absolute Gasteiger partial charge is 0.330 e. The van der Waals surface area contributed by atoms with Gasteiger partial charge in [0.15, 0.2) is 0 Å². The minimum Gasteiger partial charge on any atom is -0.479 e. The molecule has 1 amide bonds. The van der Waals surface area contributed by atoms with Gasteiger partial charge in [0.1, 0.15) is 11.2 Å². The van der Waals surface area contributed by atoms with E-state index >= 15 is 0 Å². The van der Waals surface area contributed by atoms with Crippen LogP contribution < -0.4 is 5.32 Å². The summed E-state index contributed by atoms with van der Waals surface area (Å²) in [5.74, 6) is -1.51. The lowest BCUT2D eigenvalue weighted by Crippen LogP contribution is -2.76. The Morgan fingerprint density at radius 2 is 2.18 bits per heavy atom. The maximum Gasteiger partial charge on any atom is 0.330 e. The molecule has 0 bridgehead atoms. The van der Waals surface area contributed by atoms with E-state index in [0.717, 1.165) is 0 Å². The first kappa shape index (κ1) is 16.4. The van der Waals surface area contributed by atoms with E-state index in [4.69, 9.17) is 4.74 Å². The van der Waals surface area contributed by atoms with Gasteiger partial charge in [-0.25, -0.2) is 4.79 Å². The summed E-state index contributed by atoms with van der Waals surface area (Å²) in [5, 5.41) is 12.4. The van der Waals surface area contributed by atoms with Crippen molar-refractivity contribution in [2.75, 3.05) is 6.61 Å². The van der Waals surface area contributed by atoms with Crippen LogP contribution in [0.25, 0.3) is 0 Å². The molecule has 2 unspecified atom stereocenters. The summed E-state index contributed by atoms with van der Waals surface area (Å²) in [6.45, 7) is 7.75. The highest BCUT2D eigenvalue weighted by Crippen LogP contribution is 2.51. The van der Waals surface area contributed by atoms with Gasteiger partial charge >= 0.3 is 5.97 Å². The number of hydrogen-bond donors (Lipinski definition) is 2. The van der Waals surface area contributed by atoms with Crippen molar-refractivity contribution in [3.8, 4) is 0 Å². The van der Waals surface area contributed by atoms with Gasteiger partial charge in [-0.05, 0) is 25.5 Å². The fourth-order valence-corrected chi connectivity index (χ4v) is 3.01. The minimum absolute atomic E-state index is 0.196. The molecule has 0 aromatic carbocycles. The van der Waals surface area contributed by atoms with Gasteiger partial charge in [-0.1, -0.05) is 19.9 Å². The molecule has 1 aliphatic carbocycles. The summed E-state index contributed by atoms with van der Waals surface area (Å²) in [6.07, 6.45) is 1.57. The molecule has 0 radical (unpaired) electrons. The van der Waals surface area contributed by atoms with E-state index in [2.05, 4.69) is 10.3 Å². The number of aryl methyl sites for hydroxylation is 1. The zero-order valence-electron chi connectivity index (χ0n) is 13.3. The predicted molar refractivity (Wildman–Crippen MR) is 80.6 cm³/mol. The molecule has 1 saturated carbocycles. The van der Waals surface area contributed by atoms with Crippen molar-refractivity contribution < 1.29 is 19.4 Å². The lowest BCUT2D eigenvalue weighted by molar-refractivity contribution is -0.190. The number of carboxylic acid groups (broad SMARTS) is 1. The van der Waals surface area contributed by atoms with Gasteiger partial charge in [0.25, 0.3) is 5.91 Å². The predicted octanol–water partition coefficient (Wildman–Crippen LogP) is 1.78. The number of carboxylic acids is 1. The van der Waals surface area contributed by atoms with E-state index in [1.807, 2.05) is 6.92 Å². The quantitative estimate of drug-likeness (QED) is 0.865. The molecule has 0 spiro atoms. The average molecular weight is 306 g/mol. The molecule has 2 N–H and O–H groups in total. The molecule has 0 aliphatic heterocycles. The monoisotopic (exact) mass is 306 g/mol. The molecule has 1 aromatic rings. The fourth-order valence-electron chi connectivity index (χ4n) is 3.01. The summed E-state index contributed by atoms with van der Waals surface area (Å²) in [5.41, 5.74) is -1.08. The number of nitrogens with zero attached hydrogens (tertiary/aromatic N) is 1. The molecule has 6 heteroatoms. The lowest BCUT2D eigenvalue weighted by Gasteiger charge is -2.58. The highest BCUT2D eigenvalue weighted by molar-refractivity contribution is 5.98. The summed E-state index contributed by atoms with van der Waals surface area (Å²) in [4.78, 5) is 28.3. The lowest BCUT2D eigenvalue weighted by atomic mass is 9.54. The molecule has 2 atom stereocenters. The third-order valence-corrected chi connectivity index (χ3v) is 4.68. The van der Waals surface area contributed by atoms with Crippen molar-refractivity contribution in [3.05, 3.63) is 29.6 Å². The average Bonchev–Trinajstić information content (AvgIpc) is 2.45. The Labute approximate surface area is 129 Å². The van der Waals surface area contributed by atoms with Crippen LogP contribution in [0.5, 0.6) is 0 Å². The van der Waals surface area contributed by atoms with Crippen LogP contribution in [0.2, 0.25) is 0 Å². The van der Waals surface area contributed by atoms with Crippen molar-refractivity contribution in [1.82, 2.24) is 10.3 Å². The largest absolute Gasteiger partial charge is 0.479 e. The van der Waals surface area contributed by atoms with Crippen LogP contribution >= 0.6 is 0 Å². The number of nitrogens with one attached hydrogen (secondary N) is 1. The van der Waals surface area contributed by atoms with Crippen LogP contribution in [0.15, 0.2) is 18.3 Å². The molecule has 2 rings (SSSR count). The normalized spacial score (nSPS) is 26.1. The number of amides is 1. The second kappa shape index (κ2) is 5.68. The summed E-state index contributed by atoms with van der Waals surface area (Å²) < 4.78 is 5.58. The fraction of sp³-hybridized carbons (Fsp3) is 0.562. The van der Waals surface area contributed by atoms with E-state index < -0.39 is 22.8 Å². The highest BCUT2D eigenvalue weighted by Gasteiger charge is 2.66. The maximum absolute atomic E-state index is 12.5. The van der Waals surface area contributed by atoms with Crippen molar-refractivity contribution in [2.45, 2.75) is 45.8 Å². The van der Waals surface area contributed by atoms with Crippen molar-refractivity contribution in [3.63, 3.8) is 0 Å². The second-order valence-corrected chi connectivity index (χ2v) is 6.20. The zero-order chi connectivity index (χ0) is 16.5. The van der Waals surface area contributed by atoms with Gasteiger partial charge in [-0.3, -0.25) is 9.78 Å². The number of pyridine rings is 1. The molecule has 1 aromatic heterocycles. The van der Waals surface area contributed by atoms with Crippen molar-refractivity contribution in [2.24, 2.45) is 5.41 Å². The number of carbonyl (C=O) groups is 2. The van der Waals surface area contributed by atoms with Crippen molar-refractivity contribution in [1.29, 1.82) is 0 Å². The van der Waals surface area contributed by atoms with Gasteiger partial charge in [0.2, 0.25) is 0 Å². The molecule has 1 fully saturated rings. The standard InChI is InChI=1S/C16H22N2O4/c1-5-22-11-9-16(14(20)21,15(11,3)4)18-13(19)12-10(2)7-6-8-17-12/h6-8,11H,5,9H2,1-4H3,(H,18,19)(H,20,21). The van der Waals surface area contributed by atoms with Gasteiger partial charge < -0.3 is 15.2 Å². The van der Waals surface area contributed by atoms with Crippen LogP contribution in [0.4, 0.5) is 0 Å². The third-order valence-electron chi connectivity index (χ3n) is 4.68. The minimum atomic E-state index is -1.34. The van der Waals surface area contributed by atoms with Crippen LogP contribution in [0.3, 0.4) is 0 Å². The summed E-state index contributed by atoms with van der Waals surface area (Å²) >= 11 is 0.